The molecular weight excluding hydrogens is 271 g/mol. The third-order valence-electron chi connectivity index (χ3n) is 2.49. The summed E-state index contributed by atoms with van der Waals surface area (Å²) < 4.78 is 43.5. The van der Waals surface area contributed by atoms with Crippen molar-refractivity contribution >= 4 is 11.6 Å². The van der Waals surface area contributed by atoms with Crippen molar-refractivity contribution < 1.29 is 17.9 Å². The second-order valence-corrected chi connectivity index (χ2v) is 4.13. The van der Waals surface area contributed by atoms with E-state index in [0.29, 0.717) is 32.7 Å². The first kappa shape index (κ1) is 16.6. The summed E-state index contributed by atoms with van der Waals surface area (Å²) in [6, 6.07) is 2.02. The minimum Gasteiger partial charge on any atom is -0.382 e. The minimum atomic E-state index is -4.38. The fraction of sp³-hybridized carbons (Fsp3) is 0.615. The van der Waals surface area contributed by atoms with Crippen LogP contribution in [0.1, 0.15) is 25.8 Å². The van der Waals surface area contributed by atoms with Crippen molar-refractivity contribution in [1.29, 1.82) is 0 Å². The van der Waals surface area contributed by atoms with Gasteiger partial charge in [0, 0.05) is 26.3 Å². The van der Waals surface area contributed by atoms with E-state index in [9.17, 15) is 13.2 Å². The molecule has 0 saturated carbocycles. The number of hydrogen-bond donors (Lipinski definition) is 2. The average molecular weight is 291 g/mol. The lowest BCUT2D eigenvalue weighted by molar-refractivity contribution is -0.137. The molecule has 2 N–H and O–H groups in total. The largest absolute Gasteiger partial charge is 0.416 e. The first-order valence-corrected chi connectivity index (χ1v) is 6.62. The zero-order valence-electron chi connectivity index (χ0n) is 11.7. The number of nitrogens with zero attached hydrogens (tertiary/aromatic N) is 1. The van der Waals surface area contributed by atoms with Crippen LogP contribution in [0.2, 0.25) is 0 Å². The molecule has 1 heterocycles. The van der Waals surface area contributed by atoms with Gasteiger partial charge in [0.15, 0.2) is 0 Å². The first-order valence-electron chi connectivity index (χ1n) is 6.62. The lowest BCUT2D eigenvalue weighted by Gasteiger charge is -2.13. The third-order valence-corrected chi connectivity index (χ3v) is 2.49. The van der Waals surface area contributed by atoms with Gasteiger partial charge < -0.3 is 15.4 Å². The van der Waals surface area contributed by atoms with Crippen LogP contribution in [0.15, 0.2) is 12.1 Å². The summed E-state index contributed by atoms with van der Waals surface area (Å²) in [5.74, 6) is 0.432. The smallest absolute Gasteiger partial charge is 0.382 e. The van der Waals surface area contributed by atoms with E-state index in [4.69, 9.17) is 4.74 Å². The van der Waals surface area contributed by atoms with Crippen LogP contribution in [0.4, 0.5) is 24.8 Å². The molecule has 1 aromatic rings. The van der Waals surface area contributed by atoms with Gasteiger partial charge in [-0.3, -0.25) is 0 Å². The van der Waals surface area contributed by atoms with Gasteiger partial charge in [-0.2, -0.15) is 13.2 Å². The topological polar surface area (TPSA) is 46.2 Å². The summed E-state index contributed by atoms with van der Waals surface area (Å²) in [7, 11) is 0. The number of hydrogen-bond acceptors (Lipinski definition) is 4. The zero-order valence-corrected chi connectivity index (χ0v) is 11.7. The molecule has 0 radical (unpaired) electrons. The number of pyridine rings is 1. The normalized spacial score (nSPS) is 11.4. The molecule has 0 aromatic carbocycles. The molecule has 7 heteroatoms. The maximum absolute atomic E-state index is 12.8. The van der Waals surface area contributed by atoms with Crippen LogP contribution in [0.25, 0.3) is 0 Å². The SMILES string of the molecule is CCNc1cc(C(F)(F)F)cc(NCCCOCC)n1. The van der Waals surface area contributed by atoms with Gasteiger partial charge in [0.05, 0.1) is 5.56 Å². The Labute approximate surface area is 116 Å². The highest BCUT2D eigenvalue weighted by Crippen LogP contribution is 2.31. The van der Waals surface area contributed by atoms with Crippen LogP contribution in [-0.4, -0.2) is 31.3 Å². The van der Waals surface area contributed by atoms with Gasteiger partial charge >= 0.3 is 6.18 Å². The zero-order chi connectivity index (χ0) is 15.0. The molecule has 114 valence electrons. The highest BCUT2D eigenvalue weighted by atomic mass is 19.4. The van der Waals surface area contributed by atoms with Gasteiger partial charge in [0.1, 0.15) is 11.6 Å². The Balaban J connectivity index is 2.71. The predicted octanol–water partition coefficient (Wildman–Crippen LogP) is 3.37. The first-order chi connectivity index (χ1) is 9.47. The van der Waals surface area contributed by atoms with Gasteiger partial charge in [-0.25, -0.2) is 4.98 Å². The Morgan fingerprint density at radius 1 is 1.15 bits per heavy atom. The molecule has 0 fully saturated rings. The Morgan fingerprint density at radius 3 is 2.35 bits per heavy atom. The van der Waals surface area contributed by atoms with Crippen molar-refractivity contribution in [2.45, 2.75) is 26.4 Å². The Morgan fingerprint density at radius 2 is 1.80 bits per heavy atom. The van der Waals surface area contributed by atoms with Crippen molar-refractivity contribution in [3.8, 4) is 0 Å². The average Bonchev–Trinajstić information content (AvgIpc) is 2.38. The van der Waals surface area contributed by atoms with E-state index in [2.05, 4.69) is 15.6 Å². The molecule has 1 rings (SSSR count). The third kappa shape index (κ3) is 5.64. The predicted molar refractivity (Wildman–Crippen MR) is 73.0 cm³/mol. The van der Waals surface area contributed by atoms with E-state index < -0.39 is 11.7 Å². The molecule has 1 aromatic heterocycles. The highest BCUT2D eigenvalue weighted by Gasteiger charge is 2.31. The van der Waals surface area contributed by atoms with Crippen LogP contribution < -0.4 is 10.6 Å². The maximum atomic E-state index is 12.8. The van der Waals surface area contributed by atoms with Crippen molar-refractivity contribution in [3.63, 3.8) is 0 Å². The number of rotatable bonds is 8. The van der Waals surface area contributed by atoms with Crippen molar-refractivity contribution in [2.75, 3.05) is 36.9 Å². The standard InChI is InChI=1S/C13H20F3N3O/c1-3-17-11-8-10(13(14,15)16)9-12(19-11)18-6-5-7-20-4-2/h8-9H,3-7H2,1-2H3,(H2,17,18,19). The van der Waals surface area contributed by atoms with Crippen LogP contribution >= 0.6 is 0 Å². The molecule has 0 aliphatic carbocycles. The lowest BCUT2D eigenvalue weighted by atomic mass is 10.2. The van der Waals surface area contributed by atoms with Crippen LogP contribution in [-0.2, 0) is 10.9 Å². The fourth-order valence-electron chi connectivity index (χ4n) is 1.59. The Hall–Kier alpha value is -1.50. The number of nitrogens with one attached hydrogen (secondary N) is 2. The number of aromatic nitrogens is 1. The van der Waals surface area contributed by atoms with Gasteiger partial charge in [-0.05, 0) is 32.4 Å². The number of halogens is 3. The highest BCUT2D eigenvalue weighted by molar-refractivity contribution is 5.49. The molecule has 0 aliphatic rings. The second-order valence-electron chi connectivity index (χ2n) is 4.13. The van der Waals surface area contributed by atoms with Gasteiger partial charge in [-0.1, -0.05) is 0 Å². The van der Waals surface area contributed by atoms with Gasteiger partial charge in [0.25, 0.3) is 0 Å². The molecular formula is C13H20F3N3O. The van der Waals surface area contributed by atoms with Crippen LogP contribution in [0.3, 0.4) is 0 Å². The monoisotopic (exact) mass is 291 g/mol. The summed E-state index contributed by atoms with van der Waals surface area (Å²) in [4.78, 5) is 4.09. The van der Waals surface area contributed by atoms with E-state index in [0.717, 1.165) is 12.1 Å². The van der Waals surface area contributed by atoms with E-state index in [1.807, 2.05) is 6.92 Å². The summed E-state index contributed by atoms with van der Waals surface area (Å²) in [6.45, 7) is 5.93. The molecule has 20 heavy (non-hydrogen) atoms. The summed E-state index contributed by atoms with van der Waals surface area (Å²) >= 11 is 0. The number of anilines is 2. The summed E-state index contributed by atoms with van der Waals surface area (Å²) in [5, 5.41) is 5.68. The Kier molecular flexibility index (Phi) is 6.57. The minimum absolute atomic E-state index is 0.215. The molecule has 0 atom stereocenters. The molecule has 0 amide bonds. The van der Waals surface area contributed by atoms with E-state index in [1.165, 1.54) is 0 Å². The second kappa shape index (κ2) is 7.94. The van der Waals surface area contributed by atoms with E-state index >= 15 is 0 Å². The molecule has 0 bridgehead atoms. The molecule has 0 saturated heterocycles. The Bertz CT molecular complexity index is 410. The quantitative estimate of drug-likeness (QED) is 0.721. The van der Waals surface area contributed by atoms with E-state index in [1.54, 1.807) is 6.92 Å². The lowest BCUT2D eigenvalue weighted by Crippen LogP contribution is -2.12. The number of alkyl halides is 3. The van der Waals surface area contributed by atoms with E-state index in [-0.39, 0.29) is 11.6 Å². The maximum Gasteiger partial charge on any atom is 0.416 e. The molecule has 4 nitrogen and oxygen atoms in total. The summed E-state index contributed by atoms with van der Waals surface area (Å²) in [6.07, 6.45) is -3.67. The molecule has 0 unspecified atom stereocenters. The van der Waals surface area contributed by atoms with Crippen molar-refractivity contribution in [1.82, 2.24) is 4.98 Å². The number of ether oxygens (including phenoxy) is 1. The van der Waals surface area contributed by atoms with Crippen molar-refractivity contribution in [2.24, 2.45) is 0 Å². The molecule has 0 spiro atoms. The summed E-state index contributed by atoms with van der Waals surface area (Å²) in [5.41, 5.74) is -0.712. The fourth-order valence-corrected chi connectivity index (χ4v) is 1.59. The van der Waals surface area contributed by atoms with Crippen LogP contribution in [0.5, 0.6) is 0 Å². The van der Waals surface area contributed by atoms with Gasteiger partial charge in [-0.15, -0.1) is 0 Å². The molecule has 0 aliphatic heterocycles. The van der Waals surface area contributed by atoms with Crippen molar-refractivity contribution in [3.05, 3.63) is 17.7 Å². The van der Waals surface area contributed by atoms with Crippen LogP contribution in [0, 0.1) is 0 Å². The van der Waals surface area contributed by atoms with Gasteiger partial charge in [0.2, 0.25) is 0 Å².